The minimum absolute atomic E-state index is 0.163. The fraction of sp³-hybridized carbons (Fsp3) is 0.250. The van der Waals surface area contributed by atoms with E-state index in [1.165, 1.54) is 18.2 Å². The maximum Gasteiger partial charge on any atom is 0.129 e. The summed E-state index contributed by atoms with van der Waals surface area (Å²) in [7, 11) is 0. The largest absolute Gasteiger partial charge is 0.310 e. The zero-order chi connectivity index (χ0) is 14.5. The Morgan fingerprint density at radius 1 is 1.10 bits per heavy atom. The van der Waals surface area contributed by atoms with Gasteiger partial charge in [-0.2, -0.15) is 0 Å². The molecule has 0 fully saturated rings. The lowest BCUT2D eigenvalue weighted by molar-refractivity contribution is 0.525. The standard InChI is InChI=1S/C16H16ClF2N/c1-11(8-12-2-6-15(18)7-3-12)20-10-13-4-5-14(17)9-16(13)19/h2-7,9,11,20H,8,10H2,1H3. The number of hydrogen-bond acceptors (Lipinski definition) is 1. The van der Waals surface area contributed by atoms with Crippen LogP contribution in [0.2, 0.25) is 5.02 Å². The predicted molar refractivity (Wildman–Crippen MR) is 77.8 cm³/mol. The van der Waals surface area contributed by atoms with E-state index in [2.05, 4.69) is 5.32 Å². The van der Waals surface area contributed by atoms with Crippen molar-refractivity contribution >= 4 is 11.6 Å². The van der Waals surface area contributed by atoms with Crippen molar-refractivity contribution in [3.8, 4) is 0 Å². The molecule has 2 aromatic rings. The molecule has 4 heteroatoms. The highest BCUT2D eigenvalue weighted by Crippen LogP contribution is 2.14. The van der Waals surface area contributed by atoms with Gasteiger partial charge in [0.2, 0.25) is 0 Å². The lowest BCUT2D eigenvalue weighted by Crippen LogP contribution is -2.27. The molecule has 2 rings (SSSR count). The van der Waals surface area contributed by atoms with Crippen LogP contribution in [0.25, 0.3) is 0 Å². The van der Waals surface area contributed by atoms with Crippen molar-refractivity contribution in [2.24, 2.45) is 0 Å². The van der Waals surface area contributed by atoms with Gasteiger partial charge in [-0.3, -0.25) is 0 Å². The maximum atomic E-state index is 13.6. The van der Waals surface area contributed by atoms with Crippen LogP contribution in [0, 0.1) is 11.6 Å². The van der Waals surface area contributed by atoms with Crippen molar-refractivity contribution in [3.63, 3.8) is 0 Å². The molecule has 0 amide bonds. The maximum absolute atomic E-state index is 13.6. The van der Waals surface area contributed by atoms with E-state index in [4.69, 9.17) is 11.6 Å². The number of halogens is 3. The summed E-state index contributed by atoms with van der Waals surface area (Å²) in [6.07, 6.45) is 0.759. The molecule has 1 N–H and O–H groups in total. The quantitative estimate of drug-likeness (QED) is 0.865. The van der Waals surface area contributed by atoms with Gasteiger partial charge in [0, 0.05) is 23.2 Å². The fourth-order valence-electron chi connectivity index (χ4n) is 2.00. The van der Waals surface area contributed by atoms with Crippen LogP contribution in [0.1, 0.15) is 18.1 Å². The Kier molecular flexibility index (Phi) is 5.10. The normalized spacial score (nSPS) is 12.4. The molecule has 0 aliphatic carbocycles. The van der Waals surface area contributed by atoms with E-state index < -0.39 is 0 Å². The third-order valence-electron chi connectivity index (χ3n) is 3.11. The van der Waals surface area contributed by atoms with E-state index in [1.54, 1.807) is 24.3 Å². The van der Waals surface area contributed by atoms with Crippen molar-refractivity contribution in [1.29, 1.82) is 0 Å². The molecule has 0 saturated heterocycles. The summed E-state index contributed by atoms with van der Waals surface area (Å²) in [5.41, 5.74) is 1.63. The van der Waals surface area contributed by atoms with Crippen LogP contribution in [-0.2, 0) is 13.0 Å². The van der Waals surface area contributed by atoms with E-state index in [0.717, 1.165) is 12.0 Å². The SMILES string of the molecule is CC(Cc1ccc(F)cc1)NCc1ccc(Cl)cc1F. The molecule has 20 heavy (non-hydrogen) atoms. The number of benzene rings is 2. The third kappa shape index (κ3) is 4.29. The summed E-state index contributed by atoms with van der Waals surface area (Å²) in [6, 6.07) is 11.2. The summed E-state index contributed by atoms with van der Waals surface area (Å²) in [5, 5.41) is 3.64. The molecule has 0 aliphatic heterocycles. The Bertz CT molecular complexity index is 569. The predicted octanol–water partition coefficient (Wildman–Crippen LogP) is 4.34. The second kappa shape index (κ2) is 6.82. The van der Waals surface area contributed by atoms with Gasteiger partial charge in [-0.1, -0.05) is 29.8 Å². The highest BCUT2D eigenvalue weighted by Gasteiger charge is 2.07. The zero-order valence-electron chi connectivity index (χ0n) is 11.2. The van der Waals surface area contributed by atoms with Crippen LogP contribution < -0.4 is 5.32 Å². The second-order valence-electron chi connectivity index (χ2n) is 4.85. The molecule has 2 aromatic carbocycles. The second-order valence-corrected chi connectivity index (χ2v) is 5.28. The van der Waals surface area contributed by atoms with Crippen LogP contribution in [-0.4, -0.2) is 6.04 Å². The van der Waals surface area contributed by atoms with Crippen molar-refractivity contribution in [2.75, 3.05) is 0 Å². The highest BCUT2D eigenvalue weighted by molar-refractivity contribution is 6.30. The Morgan fingerprint density at radius 3 is 2.45 bits per heavy atom. The van der Waals surface area contributed by atoms with Crippen molar-refractivity contribution in [2.45, 2.75) is 25.9 Å². The average Bonchev–Trinajstić information content (AvgIpc) is 2.40. The van der Waals surface area contributed by atoms with Gasteiger partial charge in [0.1, 0.15) is 11.6 Å². The Balaban J connectivity index is 1.88. The fourth-order valence-corrected chi connectivity index (χ4v) is 2.15. The molecular formula is C16H16ClF2N. The van der Waals surface area contributed by atoms with E-state index >= 15 is 0 Å². The van der Waals surface area contributed by atoms with Gasteiger partial charge in [-0.05, 0) is 43.2 Å². The molecule has 0 aliphatic rings. The van der Waals surface area contributed by atoms with Crippen molar-refractivity contribution in [3.05, 3.63) is 70.2 Å². The summed E-state index contributed by atoms with van der Waals surface area (Å²) in [4.78, 5) is 0. The van der Waals surface area contributed by atoms with Crippen LogP contribution in [0.4, 0.5) is 8.78 Å². The molecule has 1 atom stereocenters. The van der Waals surface area contributed by atoms with Crippen molar-refractivity contribution in [1.82, 2.24) is 5.32 Å². The van der Waals surface area contributed by atoms with Crippen LogP contribution in [0.3, 0.4) is 0 Å². The molecule has 0 radical (unpaired) electrons. The van der Waals surface area contributed by atoms with Gasteiger partial charge in [0.05, 0.1) is 0 Å². The van der Waals surface area contributed by atoms with Crippen LogP contribution >= 0.6 is 11.6 Å². The van der Waals surface area contributed by atoms with Gasteiger partial charge < -0.3 is 5.32 Å². The molecule has 0 saturated carbocycles. The third-order valence-corrected chi connectivity index (χ3v) is 3.35. The first-order chi connectivity index (χ1) is 9.54. The number of rotatable bonds is 5. The first-order valence-corrected chi connectivity index (χ1v) is 6.84. The molecule has 1 nitrogen and oxygen atoms in total. The van der Waals surface area contributed by atoms with Crippen molar-refractivity contribution < 1.29 is 8.78 Å². The summed E-state index contributed by atoms with van der Waals surface area (Å²) >= 11 is 5.71. The van der Waals surface area contributed by atoms with Crippen LogP contribution in [0.15, 0.2) is 42.5 Å². The molecule has 1 unspecified atom stereocenters. The Morgan fingerprint density at radius 2 is 1.80 bits per heavy atom. The Hall–Kier alpha value is -1.45. The van der Waals surface area contributed by atoms with E-state index in [1.807, 2.05) is 6.92 Å². The number of nitrogens with one attached hydrogen (secondary N) is 1. The monoisotopic (exact) mass is 295 g/mol. The smallest absolute Gasteiger partial charge is 0.129 e. The summed E-state index contributed by atoms with van der Waals surface area (Å²) < 4.78 is 26.4. The topological polar surface area (TPSA) is 12.0 Å². The van der Waals surface area contributed by atoms with E-state index in [0.29, 0.717) is 17.1 Å². The molecule has 0 aromatic heterocycles. The first kappa shape index (κ1) is 14.9. The minimum Gasteiger partial charge on any atom is -0.310 e. The summed E-state index contributed by atoms with van der Waals surface area (Å²) in [5.74, 6) is -0.545. The summed E-state index contributed by atoms with van der Waals surface area (Å²) in [6.45, 7) is 2.45. The molecule has 106 valence electrons. The molecule has 0 spiro atoms. The van der Waals surface area contributed by atoms with Gasteiger partial charge in [0.25, 0.3) is 0 Å². The Labute approximate surface area is 122 Å². The van der Waals surface area contributed by atoms with Gasteiger partial charge in [-0.25, -0.2) is 8.78 Å². The zero-order valence-corrected chi connectivity index (χ0v) is 11.9. The lowest BCUT2D eigenvalue weighted by Gasteiger charge is -2.14. The molecule has 0 heterocycles. The van der Waals surface area contributed by atoms with E-state index in [-0.39, 0.29) is 17.7 Å². The minimum atomic E-state index is -0.306. The number of hydrogen-bond donors (Lipinski definition) is 1. The average molecular weight is 296 g/mol. The van der Waals surface area contributed by atoms with Crippen LogP contribution in [0.5, 0.6) is 0 Å². The van der Waals surface area contributed by atoms with E-state index in [9.17, 15) is 8.78 Å². The lowest BCUT2D eigenvalue weighted by atomic mass is 10.1. The molecular weight excluding hydrogens is 280 g/mol. The van der Waals surface area contributed by atoms with Gasteiger partial charge in [-0.15, -0.1) is 0 Å². The van der Waals surface area contributed by atoms with Gasteiger partial charge >= 0.3 is 0 Å². The van der Waals surface area contributed by atoms with Gasteiger partial charge in [0.15, 0.2) is 0 Å². The highest BCUT2D eigenvalue weighted by atomic mass is 35.5. The first-order valence-electron chi connectivity index (χ1n) is 6.46. The molecule has 0 bridgehead atoms.